The van der Waals surface area contributed by atoms with Crippen LogP contribution in [0.3, 0.4) is 0 Å². The van der Waals surface area contributed by atoms with Crippen LogP contribution < -0.4 is 10.2 Å². The van der Waals surface area contributed by atoms with Crippen molar-refractivity contribution in [3.8, 4) is 0 Å². The van der Waals surface area contributed by atoms with Gasteiger partial charge in [0.25, 0.3) is 0 Å². The molecule has 1 aromatic rings. The molecule has 0 amide bonds. The lowest BCUT2D eigenvalue weighted by atomic mass is 10.1. The third-order valence-corrected chi connectivity index (χ3v) is 3.33. The highest BCUT2D eigenvalue weighted by atomic mass is 35.5. The normalized spacial score (nSPS) is 11.7. The molecule has 4 heteroatoms. The van der Waals surface area contributed by atoms with Gasteiger partial charge in [-0.25, -0.2) is 4.98 Å². The number of nitrogens with zero attached hydrogens (tertiary/aromatic N) is 2. The first-order valence-corrected chi connectivity index (χ1v) is 7.83. The minimum atomic E-state index is 0.391. The van der Waals surface area contributed by atoms with E-state index in [4.69, 9.17) is 11.6 Å². The second-order valence-corrected chi connectivity index (χ2v) is 6.73. The lowest BCUT2D eigenvalue weighted by Gasteiger charge is -2.30. The van der Waals surface area contributed by atoms with Crippen molar-refractivity contribution in [1.82, 2.24) is 10.3 Å². The first-order chi connectivity index (χ1) is 9.31. The van der Waals surface area contributed by atoms with Crippen molar-refractivity contribution in [2.24, 2.45) is 5.92 Å². The minimum absolute atomic E-state index is 0.391. The number of rotatable bonds is 7. The van der Waals surface area contributed by atoms with Gasteiger partial charge in [0.1, 0.15) is 5.82 Å². The summed E-state index contributed by atoms with van der Waals surface area (Å²) in [5.74, 6) is 1.47. The summed E-state index contributed by atoms with van der Waals surface area (Å²) in [7, 11) is 0. The summed E-state index contributed by atoms with van der Waals surface area (Å²) >= 11 is 6.44. The van der Waals surface area contributed by atoms with Crippen LogP contribution in [0, 0.1) is 5.92 Å². The number of halogens is 1. The van der Waals surface area contributed by atoms with Crippen molar-refractivity contribution < 1.29 is 0 Å². The van der Waals surface area contributed by atoms with Gasteiger partial charge in [-0.3, -0.25) is 0 Å². The van der Waals surface area contributed by atoms with E-state index in [-0.39, 0.29) is 0 Å². The molecule has 0 aliphatic heterocycles. The molecule has 1 heterocycles. The van der Waals surface area contributed by atoms with Gasteiger partial charge in [0, 0.05) is 31.4 Å². The fraction of sp³-hybridized carbons (Fsp3) is 0.688. The number of nitrogens with one attached hydrogen (secondary N) is 1. The minimum Gasteiger partial charge on any atom is -0.353 e. The van der Waals surface area contributed by atoms with Crippen LogP contribution in [0.2, 0.25) is 5.02 Å². The highest BCUT2D eigenvalue weighted by molar-refractivity contribution is 6.33. The summed E-state index contributed by atoms with van der Waals surface area (Å²) < 4.78 is 0. The molecule has 3 nitrogen and oxygen atoms in total. The Kier molecular flexibility index (Phi) is 6.77. The zero-order valence-electron chi connectivity index (χ0n) is 13.6. The quantitative estimate of drug-likeness (QED) is 0.821. The zero-order chi connectivity index (χ0) is 15.3. The summed E-state index contributed by atoms with van der Waals surface area (Å²) in [6, 6.07) is 2.87. The van der Waals surface area contributed by atoms with Gasteiger partial charge >= 0.3 is 0 Å². The van der Waals surface area contributed by atoms with Crippen LogP contribution >= 0.6 is 11.6 Å². The van der Waals surface area contributed by atoms with Gasteiger partial charge in [-0.05, 0) is 31.4 Å². The Hall–Kier alpha value is -0.800. The molecule has 0 fully saturated rings. The maximum absolute atomic E-state index is 6.44. The van der Waals surface area contributed by atoms with E-state index in [1.807, 2.05) is 12.3 Å². The Bertz CT molecular complexity index is 416. The Labute approximate surface area is 128 Å². The van der Waals surface area contributed by atoms with E-state index in [9.17, 15) is 0 Å². The van der Waals surface area contributed by atoms with E-state index in [2.05, 4.69) is 56.7 Å². The predicted molar refractivity (Wildman–Crippen MR) is 88.5 cm³/mol. The Morgan fingerprint density at radius 1 is 1.20 bits per heavy atom. The maximum atomic E-state index is 6.44. The predicted octanol–water partition coefficient (Wildman–Crippen LogP) is 4.10. The van der Waals surface area contributed by atoms with Crippen LogP contribution in [0.25, 0.3) is 0 Å². The highest BCUT2D eigenvalue weighted by Crippen LogP contribution is 2.26. The van der Waals surface area contributed by atoms with E-state index in [1.54, 1.807) is 0 Å². The van der Waals surface area contributed by atoms with Crippen molar-refractivity contribution in [1.29, 1.82) is 0 Å². The van der Waals surface area contributed by atoms with Gasteiger partial charge in [-0.15, -0.1) is 0 Å². The van der Waals surface area contributed by atoms with E-state index >= 15 is 0 Å². The second kappa shape index (κ2) is 7.84. The van der Waals surface area contributed by atoms with Crippen LogP contribution in [-0.4, -0.2) is 23.6 Å². The summed E-state index contributed by atoms with van der Waals surface area (Å²) in [6.07, 6.45) is 1.92. The lowest BCUT2D eigenvalue weighted by Crippen LogP contribution is -2.35. The molecular weight excluding hydrogens is 270 g/mol. The number of anilines is 1. The standard InChI is InChI=1S/C16H28ClN3/c1-11(2)10-20(13(5)6)16-15(17)7-14(9-19-16)8-18-12(3)4/h7,9,11-13,18H,8,10H2,1-6H3. The van der Waals surface area contributed by atoms with Crippen LogP contribution in [0.4, 0.5) is 5.82 Å². The molecule has 0 aliphatic carbocycles. The molecule has 0 aliphatic rings. The molecule has 1 N–H and O–H groups in total. The molecule has 0 aromatic carbocycles. The van der Waals surface area contributed by atoms with Crippen LogP contribution in [0.15, 0.2) is 12.3 Å². The van der Waals surface area contributed by atoms with Crippen molar-refractivity contribution in [3.63, 3.8) is 0 Å². The smallest absolute Gasteiger partial charge is 0.147 e. The number of hydrogen-bond donors (Lipinski definition) is 1. The summed E-state index contributed by atoms with van der Waals surface area (Å²) in [5.41, 5.74) is 1.13. The molecule has 1 rings (SSSR count). The molecule has 0 spiro atoms. The van der Waals surface area contributed by atoms with Gasteiger partial charge < -0.3 is 10.2 Å². The van der Waals surface area contributed by atoms with Gasteiger partial charge in [0.2, 0.25) is 0 Å². The molecule has 1 aromatic heterocycles. The zero-order valence-corrected chi connectivity index (χ0v) is 14.3. The van der Waals surface area contributed by atoms with Gasteiger partial charge in [-0.1, -0.05) is 39.3 Å². The van der Waals surface area contributed by atoms with E-state index in [1.165, 1.54) is 0 Å². The van der Waals surface area contributed by atoms with Crippen LogP contribution in [0.1, 0.15) is 47.1 Å². The number of pyridine rings is 1. The fourth-order valence-electron chi connectivity index (χ4n) is 2.04. The Morgan fingerprint density at radius 2 is 1.85 bits per heavy atom. The topological polar surface area (TPSA) is 28.2 Å². The van der Waals surface area contributed by atoms with Crippen molar-refractivity contribution in [2.45, 2.75) is 60.2 Å². The third-order valence-electron chi connectivity index (χ3n) is 3.05. The monoisotopic (exact) mass is 297 g/mol. The third kappa shape index (κ3) is 5.29. The molecule has 0 atom stereocenters. The van der Waals surface area contributed by atoms with Crippen molar-refractivity contribution in [3.05, 3.63) is 22.8 Å². The molecule has 0 saturated heterocycles. The van der Waals surface area contributed by atoms with Gasteiger partial charge in [0.05, 0.1) is 5.02 Å². The summed E-state index contributed by atoms with van der Waals surface area (Å²) in [6.45, 7) is 14.8. The molecular formula is C16H28ClN3. The molecule has 0 bridgehead atoms. The molecule has 114 valence electrons. The Morgan fingerprint density at radius 3 is 2.30 bits per heavy atom. The largest absolute Gasteiger partial charge is 0.353 e. The summed E-state index contributed by atoms with van der Waals surface area (Å²) in [4.78, 5) is 6.86. The Balaban J connectivity index is 2.89. The molecule has 0 saturated carbocycles. The second-order valence-electron chi connectivity index (χ2n) is 6.32. The first kappa shape index (κ1) is 17.3. The number of aromatic nitrogens is 1. The molecule has 20 heavy (non-hydrogen) atoms. The molecule has 0 radical (unpaired) electrons. The maximum Gasteiger partial charge on any atom is 0.147 e. The van der Waals surface area contributed by atoms with Gasteiger partial charge in [0.15, 0.2) is 0 Å². The van der Waals surface area contributed by atoms with Crippen LogP contribution in [0.5, 0.6) is 0 Å². The van der Waals surface area contributed by atoms with Crippen molar-refractivity contribution in [2.75, 3.05) is 11.4 Å². The SMILES string of the molecule is CC(C)CN(c1ncc(CNC(C)C)cc1Cl)C(C)C. The molecule has 0 unspecified atom stereocenters. The fourth-order valence-corrected chi connectivity index (χ4v) is 2.33. The van der Waals surface area contributed by atoms with E-state index < -0.39 is 0 Å². The summed E-state index contributed by atoms with van der Waals surface area (Å²) in [5, 5.41) is 4.12. The highest BCUT2D eigenvalue weighted by Gasteiger charge is 2.17. The van der Waals surface area contributed by atoms with E-state index in [0.29, 0.717) is 18.0 Å². The first-order valence-electron chi connectivity index (χ1n) is 7.45. The van der Waals surface area contributed by atoms with Crippen molar-refractivity contribution >= 4 is 17.4 Å². The lowest BCUT2D eigenvalue weighted by molar-refractivity contribution is 0.565. The average Bonchev–Trinajstić information content (AvgIpc) is 2.33. The number of hydrogen-bond acceptors (Lipinski definition) is 3. The average molecular weight is 298 g/mol. The van der Waals surface area contributed by atoms with E-state index in [0.717, 1.165) is 29.5 Å². The van der Waals surface area contributed by atoms with Crippen LogP contribution in [-0.2, 0) is 6.54 Å². The van der Waals surface area contributed by atoms with Gasteiger partial charge in [-0.2, -0.15) is 0 Å².